The summed E-state index contributed by atoms with van der Waals surface area (Å²) in [5.41, 5.74) is 1.66. The molecule has 0 saturated heterocycles. The fourth-order valence-corrected chi connectivity index (χ4v) is 2.21. The lowest BCUT2D eigenvalue weighted by atomic mass is 10.0. The van der Waals surface area contributed by atoms with E-state index in [1.54, 1.807) is 6.07 Å². The summed E-state index contributed by atoms with van der Waals surface area (Å²) < 4.78 is 29.8. The van der Waals surface area contributed by atoms with E-state index in [0.717, 1.165) is 11.3 Å². The van der Waals surface area contributed by atoms with Crippen molar-refractivity contribution in [2.75, 3.05) is 0 Å². The lowest BCUT2D eigenvalue weighted by molar-refractivity contribution is -0.0284. The average Bonchev–Trinajstić information content (AvgIpc) is 3.08. The number of nitrogens with zero attached hydrogens (tertiary/aromatic N) is 2. The average molecular weight is 236 g/mol. The highest BCUT2D eigenvalue weighted by Gasteiger charge is 2.48. The maximum atomic E-state index is 13.9. The Morgan fingerprint density at radius 2 is 2.06 bits per heavy atom. The summed E-state index contributed by atoms with van der Waals surface area (Å²) in [6, 6.07) is 4.80. The van der Waals surface area contributed by atoms with E-state index in [1.807, 2.05) is 18.5 Å². The summed E-state index contributed by atoms with van der Waals surface area (Å²) in [5, 5.41) is 0. The third-order valence-corrected chi connectivity index (χ3v) is 3.58. The van der Waals surface area contributed by atoms with E-state index >= 15 is 0 Å². The summed E-state index contributed by atoms with van der Waals surface area (Å²) >= 11 is 0. The van der Waals surface area contributed by atoms with Crippen molar-refractivity contribution >= 4 is 11.0 Å². The van der Waals surface area contributed by atoms with E-state index in [1.165, 1.54) is 12.1 Å². The third kappa shape index (κ3) is 1.54. The van der Waals surface area contributed by atoms with Crippen LogP contribution >= 0.6 is 0 Å². The summed E-state index contributed by atoms with van der Waals surface area (Å²) in [6.07, 6.45) is 1.26. The first kappa shape index (κ1) is 10.7. The van der Waals surface area contributed by atoms with Gasteiger partial charge in [0.1, 0.15) is 5.82 Å². The van der Waals surface area contributed by atoms with Gasteiger partial charge in [0.25, 0.3) is 5.92 Å². The third-order valence-electron chi connectivity index (χ3n) is 3.58. The second kappa shape index (κ2) is 3.28. The Morgan fingerprint density at radius 3 is 2.71 bits per heavy atom. The van der Waals surface area contributed by atoms with E-state index in [9.17, 15) is 8.78 Å². The van der Waals surface area contributed by atoms with Gasteiger partial charge in [-0.3, -0.25) is 0 Å². The molecule has 1 fully saturated rings. The minimum Gasteiger partial charge on any atom is -0.331 e. The summed E-state index contributed by atoms with van der Waals surface area (Å²) in [6.45, 7) is 1.87. The van der Waals surface area contributed by atoms with E-state index in [2.05, 4.69) is 4.98 Å². The molecule has 0 aliphatic heterocycles. The molecule has 0 unspecified atom stereocenters. The smallest absolute Gasteiger partial charge is 0.276 e. The SMILES string of the molecule is Cc1nc2cc(C(F)(F)C3CC3)ccc2n1C. The topological polar surface area (TPSA) is 17.8 Å². The lowest BCUT2D eigenvalue weighted by Gasteiger charge is -2.15. The molecule has 1 heterocycles. The Labute approximate surface area is 98.3 Å². The molecule has 0 spiro atoms. The van der Waals surface area contributed by atoms with E-state index in [-0.39, 0.29) is 5.56 Å². The Hall–Kier alpha value is -1.45. The second-order valence-corrected chi connectivity index (χ2v) is 4.82. The quantitative estimate of drug-likeness (QED) is 0.781. The molecule has 17 heavy (non-hydrogen) atoms. The van der Waals surface area contributed by atoms with E-state index in [4.69, 9.17) is 0 Å². The number of imidazole rings is 1. The van der Waals surface area contributed by atoms with Crippen LogP contribution in [0.3, 0.4) is 0 Å². The number of aryl methyl sites for hydroxylation is 2. The Balaban J connectivity index is 2.13. The van der Waals surface area contributed by atoms with Crippen molar-refractivity contribution in [2.24, 2.45) is 13.0 Å². The normalized spacial score (nSPS) is 16.7. The fourth-order valence-electron chi connectivity index (χ4n) is 2.21. The molecular weight excluding hydrogens is 222 g/mol. The van der Waals surface area contributed by atoms with Gasteiger partial charge in [-0.25, -0.2) is 13.8 Å². The zero-order valence-electron chi connectivity index (χ0n) is 9.87. The van der Waals surface area contributed by atoms with Gasteiger partial charge in [0, 0.05) is 18.5 Å². The maximum absolute atomic E-state index is 13.9. The molecule has 0 radical (unpaired) electrons. The molecule has 0 bridgehead atoms. The van der Waals surface area contributed by atoms with Gasteiger partial charge in [0.2, 0.25) is 0 Å². The predicted octanol–water partition coefficient (Wildman–Crippen LogP) is 3.38. The van der Waals surface area contributed by atoms with Crippen molar-refractivity contribution in [3.63, 3.8) is 0 Å². The fraction of sp³-hybridized carbons (Fsp3) is 0.462. The van der Waals surface area contributed by atoms with Crippen LogP contribution in [0.1, 0.15) is 24.2 Å². The van der Waals surface area contributed by atoms with Crippen molar-refractivity contribution in [1.29, 1.82) is 0 Å². The largest absolute Gasteiger partial charge is 0.331 e. The molecule has 1 saturated carbocycles. The van der Waals surface area contributed by atoms with Gasteiger partial charge in [-0.2, -0.15) is 0 Å². The van der Waals surface area contributed by atoms with Crippen molar-refractivity contribution in [3.05, 3.63) is 29.6 Å². The molecule has 1 aromatic heterocycles. The molecule has 1 aliphatic rings. The molecular formula is C13H14F2N2. The van der Waals surface area contributed by atoms with Crippen LogP contribution in [0.2, 0.25) is 0 Å². The number of fused-ring (bicyclic) bond motifs is 1. The maximum Gasteiger partial charge on any atom is 0.276 e. The first-order valence-electron chi connectivity index (χ1n) is 5.81. The molecule has 2 nitrogen and oxygen atoms in total. The van der Waals surface area contributed by atoms with Crippen molar-refractivity contribution < 1.29 is 8.78 Å². The van der Waals surface area contributed by atoms with Gasteiger partial charge in [-0.15, -0.1) is 0 Å². The van der Waals surface area contributed by atoms with E-state index < -0.39 is 11.8 Å². The summed E-state index contributed by atoms with van der Waals surface area (Å²) in [7, 11) is 1.89. The van der Waals surface area contributed by atoms with Crippen LogP contribution in [0.15, 0.2) is 18.2 Å². The molecule has 0 atom stereocenters. The highest BCUT2D eigenvalue weighted by atomic mass is 19.3. The molecule has 4 heteroatoms. The molecule has 3 rings (SSSR count). The minimum absolute atomic E-state index is 0.102. The van der Waals surface area contributed by atoms with Crippen molar-refractivity contribution in [2.45, 2.75) is 25.7 Å². The monoisotopic (exact) mass is 236 g/mol. The zero-order chi connectivity index (χ0) is 12.2. The number of alkyl halides is 2. The van der Waals surface area contributed by atoms with Crippen LogP contribution in [0.4, 0.5) is 8.78 Å². The van der Waals surface area contributed by atoms with Crippen LogP contribution < -0.4 is 0 Å². The number of benzene rings is 1. The summed E-state index contributed by atoms with van der Waals surface area (Å²) in [4.78, 5) is 4.30. The molecule has 1 aromatic carbocycles. The lowest BCUT2D eigenvalue weighted by Crippen LogP contribution is -2.15. The first-order chi connectivity index (χ1) is 8.00. The van der Waals surface area contributed by atoms with Crippen LogP contribution in [0.5, 0.6) is 0 Å². The van der Waals surface area contributed by atoms with Gasteiger partial charge in [-0.05, 0) is 31.9 Å². The van der Waals surface area contributed by atoms with Gasteiger partial charge < -0.3 is 4.57 Å². The Morgan fingerprint density at radius 1 is 1.35 bits per heavy atom. The first-order valence-corrected chi connectivity index (χ1v) is 5.81. The van der Waals surface area contributed by atoms with Gasteiger partial charge in [-0.1, -0.05) is 6.07 Å². The number of rotatable bonds is 2. The van der Waals surface area contributed by atoms with Crippen molar-refractivity contribution in [1.82, 2.24) is 9.55 Å². The molecule has 0 amide bonds. The highest BCUT2D eigenvalue weighted by molar-refractivity contribution is 5.77. The Kier molecular flexibility index (Phi) is 2.06. The molecule has 90 valence electrons. The van der Waals surface area contributed by atoms with Crippen LogP contribution in [0.25, 0.3) is 11.0 Å². The second-order valence-electron chi connectivity index (χ2n) is 4.82. The summed E-state index contributed by atoms with van der Waals surface area (Å²) in [5.74, 6) is -2.32. The number of hydrogen-bond acceptors (Lipinski definition) is 1. The van der Waals surface area contributed by atoms with Crippen LogP contribution in [0, 0.1) is 12.8 Å². The minimum atomic E-state index is -2.69. The van der Waals surface area contributed by atoms with Crippen LogP contribution in [-0.4, -0.2) is 9.55 Å². The van der Waals surface area contributed by atoms with Crippen LogP contribution in [-0.2, 0) is 13.0 Å². The molecule has 2 aromatic rings. The molecule has 0 N–H and O–H groups in total. The molecule has 1 aliphatic carbocycles. The Bertz CT molecular complexity index is 582. The van der Waals surface area contributed by atoms with Gasteiger partial charge >= 0.3 is 0 Å². The van der Waals surface area contributed by atoms with Gasteiger partial charge in [0.15, 0.2) is 0 Å². The van der Waals surface area contributed by atoms with Crippen molar-refractivity contribution in [3.8, 4) is 0 Å². The number of aromatic nitrogens is 2. The zero-order valence-corrected chi connectivity index (χ0v) is 9.87. The standard InChI is InChI=1S/C13H14F2N2/c1-8-16-11-7-10(5-6-12(11)17(8)2)13(14,15)9-3-4-9/h5-7,9H,3-4H2,1-2H3. The number of hydrogen-bond donors (Lipinski definition) is 0. The van der Waals surface area contributed by atoms with Gasteiger partial charge in [0.05, 0.1) is 11.0 Å². The highest BCUT2D eigenvalue weighted by Crippen LogP contribution is 2.49. The van der Waals surface area contributed by atoms with E-state index in [0.29, 0.717) is 18.4 Å². The number of halogens is 2. The predicted molar refractivity (Wildman–Crippen MR) is 62.1 cm³/mol.